The molecule has 2 aromatic heterocycles. The summed E-state index contributed by atoms with van der Waals surface area (Å²) in [6.07, 6.45) is 1.16. The van der Waals surface area contributed by atoms with Crippen LogP contribution in [0.1, 0.15) is 28.7 Å². The summed E-state index contributed by atoms with van der Waals surface area (Å²) in [5, 5.41) is 4.75. The number of ether oxygens (including phenoxy) is 1. The average Bonchev–Trinajstić information content (AvgIpc) is 3.32. The van der Waals surface area contributed by atoms with Gasteiger partial charge in [0.05, 0.1) is 16.6 Å². The van der Waals surface area contributed by atoms with E-state index in [0.717, 1.165) is 20.8 Å². The third-order valence-corrected chi connectivity index (χ3v) is 4.96. The molecule has 0 saturated heterocycles. The van der Waals surface area contributed by atoms with Gasteiger partial charge in [0, 0.05) is 12.8 Å². The molecule has 0 amide bonds. The monoisotopic (exact) mass is 379 g/mol. The minimum absolute atomic E-state index is 0.182. The van der Waals surface area contributed by atoms with Crippen LogP contribution in [0.15, 0.2) is 59.1 Å². The number of aryl methyl sites for hydroxylation is 1. The van der Waals surface area contributed by atoms with Crippen molar-refractivity contribution in [2.75, 3.05) is 0 Å². The van der Waals surface area contributed by atoms with E-state index in [4.69, 9.17) is 9.26 Å². The molecule has 2 aromatic carbocycles. The number of rotatable bonds is 7. The highest BCUT2D eigenvalue weighted by atomic mass is 32.1. The number of benzene rings is 2. The Morgan fingerprint density at radius 2 is 1.85 bits per heavy atom. The van der Waals surface area contributed by atoms with Crippen molar-refractivity contribution in [2.45, 2.75) is 25.9 Å². The molecule has 0 N–H and O–H groups in total. The molecule has 0 radical (unpaired) electrons. The molecular weight excluding hydrogens is 362 g/mol. The highest BCUT2D eigenvalue weighted by Gasteiger charge is 2.12. The molecule has 4 rings (SSSR count). The summed E-state index contributed by atoms with van der Waals surface area (Å²) in [5.74, 6) is 0.744. The van der Waals surface area contributed by atoms with Crippen LogP contribution >= 0.6 is 11.3 Å². The van der Waals surface area contributed by atoms with Crippen LogP contribution in [0, 0.1) is 0 Å². The van der Waals surface area contributed by atoms with Crippen molar-refractivity contribution in [2.24, 2.45) is 0 Å². The number of aromatic nitrogens is 3. The lowest BCUT2D eigenvalue weighted by Crippen LogP contribution is -2.06. The lowest BCUT2D eigenvalue weighted by molar-refractivity contribution is -0.145. The predicted molar refractivity (Wildman–Crippen MR) is 101 cm³/mol. The van der Waals surface area contributed by atoms with Gasteiger partial charge in [-0.05, 0) is 17.7 Å². The van der Waals surface area contributed by atoms with E-state index in [1.807, 2.05) is 54.6 Å². The molecule has 0 aliphatic heterocycles. The normalized spacial score (nSPS) is 11.0. The van der Waals surface area contributed by atoms with E-state index in [1.165, 1.54) is 11.3 Å². The minimum Gasteiger partial charge on any atom is -0.458 e. The minimum atomic E-state index is -0.308. The van der Waals surface area contributed by atoms with E-state index in [1.54, 1.807) is 0 Å². The van der Waals surface area contributed by atoms with Crippen molar-refractivity contribution < 1.29 is 14.1 Å². The molecule has 7 heteroatoms. The number of esters is 1. The van der Waals surface area contributed by atoms with Gasteiger partial charge in [0.15, 0.2) is 5.82 Å². The Balaban J connectivity index is 1.25. The molecule has 0 aliphatic rings. The molecule has 0 spiro atoms. The summed E-state index contributed by atoms with van der Waals surface area (Å²) in [7, 11) is 0. The highest BCUT2D eigenvalue weighted by Crippen LogP contribution is 2.22. The number of nitrogens with zero attached hydrogens (tertiary/aromatic N) is 3. The van der Waals surface area contributed by atoms with Gasteiger partial charge in [-0.3, -0.25) is 4.79 Å². The van der Waals surface area contributed by atoms with Crippen LogP contribution in [0.2, 0.25) is 0 Å². The van der Waals surface area contributed by atoms with Gasteiger partial charge in [-0.1, -0.05) is 47.6 Å². The van der Waals surface area contributed by atoms with Gasteiger partial charge in [0.25, 0.3) is 0 Å². The molecule has 0 atom stereocenters. The molecule has 27 heavy (non-hydrogen) atoms. The van der Waals surface area contributed by atoms with Crippen molar-refractivity contribution in [1.82, 2.24) is 15.1 Å². The SMILES string of the molecule is O=C(CCc1nc(Cc2ccccc2)no1)OCc1nc2ccccc2s1. The van der Waals surface area contributed by atoms with Crippen LogP contribution in [-0.2, 0) is 29.0 Å². The van der Waals surface area contributed by atoms with Crippen LogP contribution in [0.5, 0.6) is 0 Å². The third kappa shape index (κ3) is 4.57. The second kappa shape index (κ2) is 8.09. The number of carbonyl (C=O) groups is 1. The Morgan fingerprint density at radius 1 is 1.04 bits per heavy atom. The smallest absolute Gasteiger partial charge is 0.306 e. The molecule has 0 saturated carbocycles. The Hall–Kier alpha value is -3.06. The largest absolute Gasteiger partial charge is 0.458 e. The first-order valence-corrected chi connectivity index (χ1v) is 9.43. The van der Waals surface area contributed by atoms with E-state index >= 15 is 0 Å². The predicted octanol–water partition coefficient (Wildman–Crippen LogP) is 3.95. The van der Waals surface area contributed by atoms with E-state index in [0.29, 0.717) is 24.6 Å². The van der Waals surface area contributed by atoms with Gasteiger partial charge in [0.1, 0.15) is 11.6 Å². The second-order valence-electron chi connectivity index (χ2n) is 6.00. The Labute approximate surface area is 159 Å². The van der Waals surface area contributed by atoms with Gasteiger partial charge in [-0.2, -0.15) is 4.98 Å². The van der Waals surface area contributed by atoms with Crippen molar-refractivity contribution >= 4 is 27.5 Å². The van der Waals surface area contributed by atoms with E-state index in [-0.39, 0.29) is 19.0 Å². The molecule has 0 bridgehead atoms. The fraction of sp³-hybridized carbons (Fsp3) is 0.200. The van der Waals surface area contributed by atoms with Gasteiger partial charge >= 0.3 is 5.97 Å². The number of hydrogen-bond donors (Lipinski definition) is 0. The average molecular weight is 379 g/mol. The van der Waals surface area contributed by atoms with Gasteiger partial charge in [0.2, 0.25) is 5.89 Å². The van der Waals surface area contributed by atoms with Crippen LogP contribution < -0.4 is 0 Å². The van der Waals surface area contributed by atoms with Gasteiger partial charge < -0.3 is 9.26 Å². The van der Waals surface area contributed by atoms with E-state index in [2.05, 4.69) is 15.1 Å². The molecule has 4 aromatic rings. The number of carbonyl (C=O) groups excluding carboxylic acids is 1. The van der Waals surface area contributed by atoms with Crippen LogP contribution in [0.3, 0.4) is 0 Å². The standard InChI is InChI=1S/C20H17N3O3S/c24-20(25-13-19-21-15-8-4-5-9-16(15)27-19)11-10-18-22-17(23-26-18)12-14-6-2-1-3-7-14/h1-9H,10-13H2. The molecule has 6 nitrogen and oxygen atoms in total. The maximum atomic E-state index is 12.0. The topological polar surface area (TPSA) is 78.1 Å². The zero-order chi connectivity index (χ0) is 18.5. The zero-order valence-electron chi connectivity index (χ0n) is 14.5. The fourth-order valence-electron chi connectivity index (χ4n) is 2.65. The lowest BCUT2D eigenvalue weighted by atomic mass is 10.1. The zero-order valence-corrected chi connectivity index (χ0v) is 15.3. The number of thiazole rings is 1. The van der Waals surface area contributed by atoms with Crippen LogP contribution in [0.4, 0.5) is 0 Å². The molecule has 136 valence electrons. The molecule has 0 aliphatic carbocycles. The maximum Gasteiger partial charge on any atom is 0.306 e. The molecular formula is C20H17N3O3S. The first kappa shape index (κ1) is 17.4. The summed E-state index contributed by atoms with van der Waals surface area (Å²) in [6, 6.07) is 17.8. The number of para-hydroxylation sites is 1. The lowest BCUT2D eigenvalue weighted by Gasteiger charge is -2.00. The summed E-state index contributed by atoms with van der Waals surface area (Å²) >= 11 is 1.53. The fourth-order valence-corrected chi connectivity index (χ4v) is 3.53. The van der Waals surface area contributed by atoms with Crippen LogP contribution in [0.25, 0.3) is 10.2 Å². The Kier molecular flexibility index (Phi) is 5.20. The summed E-state index contributed by atoms with van der Waals surface area (Å²) < 4.78 is 11.6. The summed E-state index contributed by atoms with van der Waals surface area (Å²) in [6.45, 7) is 0.182. The van der Waals surface area contributed by atoms with E-state index < -0.39 is 0 Å². The van der Waals surface area contributed by atoms with Crippen molar-refractivity contribution in [3.05, 3.63) is 76.9 Å². The third-order valence-electron chi connectivity index (χ3n) is 3.95. The first-order chi connectivity index (χ1) is 13.3. The molecule has 0 fully saturated rings. The number of fused-ring (bicyclic) bond motifs is 1. The first-order valence-electron chi connectivity index (χ1n) is 8.62. The summed E-state index contributed by atoms with van der Waals surface area (Å²) in [5.41, 5.74) is 2.03. The van der Waals surface area contributed by atoms with Crippen molar-refractivity contribution in [3.63, 3.8) is 0 Å². The number of hydrogen-bond acceptors (Lipinski definition) is 7. The van der Waals surface area contributed by atoms with Gasteiger partial charge in [-0.25, -0.2) is 4.98 Å². The van der Waals surface area contributed by atoms with Crippen molar-refractivity contribution in [3.8, 4) is 0 Å². The second-order valence-corrected chi connectivity index (χ2v) is 7.12. The Morgan fingerprint density at radius 3 is 2.70 bits per heavy atom. The molecule has 2 heterocycles. The van der Waals surface area contributed by atoms with Crippen LogP contribution in [-0.4, -0.2) is 21.1 Å². The quantitative estimate of drug-likeness (QED) is 0.453. The van der Waals surface area contributed by atoms with E-state index in [9.17, 15) is 4.79 Å². The highest BCUT2D eigenvalue weighted by molar-refractivity contribution is 7.18. The molecule has 0 unspecified atom stereocenters. The van der Waals surface area contributed by atoms with Crippen molar-refractivity contribution in [1.29, 1.82) is 0 Å². The summed E-state index contributed by atoms with van der Waals surface area (Å²) in [4.78, 5) is 20.7. The maximum absolute atomic E-state index is 12.0. The van der Waals surface area contributed by atoms with Gasteiger partial charge in [-0.15, -0.1) is 11.3 Å². The Bertz CT molecular complexity index is 1010.